The Balaban J connectivity index is 1.22. The Kier molecular flexibility index (Phi) is 18.6. The summed E-state index contributed by atoms with van der Waals surface area (Å²) in [5, 5.41) is 70.2. The number of nitrogens with one attached hydrogen (secondary N) is 1. The number of Topliss-reactive ketones (excluding diaryl/α,β-unsaturated/α-hetero) is 1. The molecule has 5 aliphatic rings. The minimum Gasteiger partial charge on any atom is -0.455 e. The van der Waals surface area contributed by atoms with Gasteiger partial charge in [0.25, 0.3) is 5.91 Å². The average Bonchev–Trinajstić information content (AvgIpc) is 1.17. The summed E-state index contributed by atoms with van der Waals surface area (Å²) in [4.78, 5) is 102. The largest absolute Gasteiger partial charge is 0.455 e. The molecule has 2 aliphatic heterocycles. The van der Waals surface area contributed by atoms with Crippen LogP contribution in [0.1, 0.15) is 107 Å². The smallest absolute Gasteiger partial charge is 0.350 e. The zero-order valence-electron chi connectivity index (χ0n) is 46.6. The number of aliphatic hydroxyl groups is 6. The van der Waals surface area contributed by atoms with Gasteiger partial charge in [-0.25, -0.2) is 9.59 Å². The molecule has 2 saturated carbocycles. The summed E-state index contributed by atoms with van der Waals surface area (Å²) < 4.78 is 42.9. The molecule has 23 heteroatoms. The third-order valence-electron chi connectivity index (χ3n) is 17.1. The second-order valence-electron chi connectivity index (χ2n) is 23.0. The molecular weight excluding hydrogens is 1110 g/mol. The molecule has 6 unspecified atom stereocenters. The molecule has 3 aromatic carbocycles. The Bertz CT molecular complexity index is 2910. The van der Waals surface area contributed by atoms with Crippen molar-refractivity contribution in [1.29, 1.82) is 0 Å². The lowest BCUT2D eigenvalue weighted by molar-refractivity contribution is -0.346. The quantitative estimate of drug-likeness (QED) is 0.0312. The number of carbonyl (C=O) groups is 7. The van der Waals surface area contributed by atoms with Gasteiger partial charge in [-0.15, -0.1) is 0 Å². The van der Waals surface area contributed by atoms with Crippen LogP contribution in [0.2, 0.25) is 0 Å². The van der Waals surface area contributed by atoms with Crippen LogP contribution in [0.3, 0.4) is 0 Å². The van der Waals surface area contributed by atoms with Crippen molar-refractivity contribution in [3.63, 3.8) is 0 Å². The van der Waals surface area contributed by atoms with Gasteiger partial charge in [-0.3, -0.25) is 24.0 Å². The van der Waals surface area contributed by atoms with E-state index >= 15 is 9.59 Å². The highest BCUT2D eigenvalue weighted by atomic mass is 33.1. The standard InChI is InChI=1S/C59H71NO20S2/c1-30-36(27-59(73)49(79-51(70)35-22-16-11-17-23-35)47-57(8,38(64)26-39-58(47,29-74-39)80-32(3)63)48(68)45(75-31(2)62)40(30)56(59,6)7)76-52(71)46(41(33-18-12-9-13-19-33)60-50(69)34-20-14-10-15-21-34)78-54(72)55(4,5)24-25-81-82-53-44(67)43(66)42(65)37(28-61)77-53/h9-23,36-39,41-47,49,53,61,64-67,73H,24-29H2,1-8H3,(H,60,69)/t36-,37?,38-,39+,41?,42?,43?,44?,45+,46+,47-,49-,53?,57+,58-,59+/m0/s1. The Morgan fingerprint density at radius 2 is 1.43 bits per heavy atom. The maximum atomic E-state index is 15.9. The number of carbonyl (C=O) groups excluding carboxylic acids is 7. The van der Waals surface area contributed by atoms with Crippen molar-refractivity contribution in [2.45, 2.75) is 158 Å². The molecule has 1 amide bonds. The SMILES string of the molecule is CC(=O)O[C@H]1C(=O)[C@@]2(C)[C@H]([C@H](OC(=O)c3ccccc3)[C@]3(O)C[C@H](OC(=O)[C@H](OC(=O)C(C)(C)CCSSC4OC(CO)C(O)C(O)C4O)C(NC(=O)c4ccccc4)c4ccccc4)C(C)=C1C3(C)C)[C@]1(OC(C)=O)CO[C@@H]1C[C@@H]2O. The number of benzene rings is 3. The fourth-order valence-corrected chi connectivity index (χ4v) is 14.9. The molecule has 2 heterocycles. The van der Waals surface area contributed by atoms with Crippen LogP contribution in [-0.4, -0.2) is 169 Å². The minimum absolute atomic E-state index is 0.0186. The Hall–Kier alpha value is -5.73. The number of ketones is 1. The summed E-state index contributed by atoms with van der Waals surface area (Å²) >= 11 is 0. The van der Waals surface area contributed by atoms with E-state index in [1.54, 1.807) is 80.6 Å². The van der Waals surface area contributed by atoms with Gasteiger partial charge in [-0.1, -0.05) is 102 Å². The van der Waals surface area contributed by atoms with Crippen LogP contribution in [-0.2, 0) is 57.1 Å². The van der Waals surface area contributed by atoms with Crippen molar-refractivity contribution in [3.05, 3.63) is 119 Å². The summed E-state index contributed by atoms with van der Waals surface area (Å²) in [5.74, 6) is -8.03. The molecule has 2 saturated heterocycles. The van der Waals surface area contributed by atoms with Gasteiger partial charge in [0.1, 0.15) is 59.8 Å². The van der Waals surface area contributed by atoms with Crippen LogP contribution in [0, 0.1) is 22.2 Å². The highest BCUT2D eigenvalue weighted by molar-refractivity contribution is 8.76. The molecule has 2 bridgehead atoms. The number of rotatable bonds is 18. The van der Waals surface area contributed by atoms with Gasteiger partial charge in [-0.2, -0.15) is 0 Å². The third-order valence-corrected chi connectivity index (χ3v) is 19.6. The first-order chi connectivity index (χ1) is 38.6. The molecule has 7 N–H and O–H groups in total. The van der Waals surface area contributed by atoms with Crippen LogP contribution < -0.4 is 5.32 Å². The Morgan fingerprint density at radius 1 is 0.817 bits per heavy atom. The summed E-state index contributed by atoms with van der Waals surface area (Å²) in [6, 6.07) is 22.4. The van der Waals surface area contributed by atoms with Crippen LogP contribution in [0.15, 0.2) is 102 Å². The molecular formula is C59H71NO20S2. The molecule has 21 nitrogen and oxygen atoms in total. The van der Waals surface area contributed by atoms with E-state index in [1.807, 2.05) is 0 Å². The first-order valence-corrected chi connectivity index (χ1v) is 29.3. The third kappa shape index (κ3) is 11.6. The molecule has 4 fully saturated rings. The lowest BCUT2D eigenvalue weighted by Gasteiger charge is -2.67. The lowest BCUT2D eigenvalue weighted by atomic mass is 9.44. The van der Waals surface area contributed by atoms with Crippen LogP contribution in [0.5, 0.6) is 0 Å². The summed E-state index contributed by atoms with van der Waals surface area (Å²) in [6.45, 7) is 10.2. The van der Waals surface area contributed by atoms with Crippen molar-refractivity contribution in [3.8, 4) is 0 Å². The highest BCUT2D eigenvalue weighted by Crippen LogP contribution is 2.64. The first-order valence-electron chi connectivity index (χ1n) is 27.0. The van der Waals surface area contributed by atoms with Gasteiger partial charge < -0.3 is 69.1 Å². The fourth-order valence-electron chi connectivity index (χ4n) is 12.2. The van der Waals surface area contributed by atoms with E-state index in [1.165, 1.54) is 52.0 Å². The Morgan fingerprint density at radius 3 is 2.00 bits per heavy atom. The van der Waals surface area contributed by atoms with E-state index in [0.29, 0.717) is 0 Å². The second kappa shape index (κ2) is 24.5. The number of hydrogen-bond acceptors (Lipinski definition) is 22. The molecule has 0 spiro atoms. The van der Waals surface area contributed by atoms with E-state index < -0.39 is 160 Å². The number of ether oxygens (including phenoxy) is 7. The van der Waals surface area contributed by atoms with Crippen molar-refractivity contribution in [2.75, 3.05) is 19.0 Å². The Labute approximate surface area is 482 Å². The van der Waals surface area contributed by atoms with E-state index in [9.17, 15) is 54.6 Å². The molecule has 3 aromatic rings. The maximum Gasteiger partial charge on any atom is 0.350 e. The molecule has 3 aliphatic carbocycles. The van der Waals surface area contributed by atoms with Gasteiger partial charge in [0.15, 0.2) is 17.5 Å². The maximum absolute atomic E-state index is 15.9. The highest BCUT2D eigenvalue weighted by Gasteiger charge is 2.78. The number of fused-ring (bicyclic) bond motifs is 5. The van der Waals surface area contributed by atoms with Gasteiger partial charge >= 0.3 is 29.8 Å². The van der Waals surface area contributed by atoms with Gasteiger partial charge in [0, 0.05) is 43.4 Å². The normalized spacial score (nSPS) is 32.8. The minimum atomic E-state index is -2.52. The van der Waals surface area contributed by atoms with Crippen LogP contribution in [0.4, 0.5) is 0 Å². The average molecular weight is 1180 g/mol. The molecule has 0 radical (unpaired) electrons. The lowest BCUT2D eigenvalue weighted by Crippen LogP contribution is -2.82. The topological polar surface area (TPSA) is 318 Å². The number of aliphatic hydroxyl groups excluding tert-OH is 5. The number of hydrogen-bond donors (Lipinski definition) is 7. The van der Waals surface area contributed by atoms with Gasteiger partial charge in [0.05, 0.1) is 41.6 Å². The van der Waals surface area contributed by atoms with Crippen molar-refractivity contribution in [2.24, 2.45) is 22.2 Å². The summed E-state index contributed by atoms with van der Waals surface area (Å²) in [6.07, 6.45) is -16.9. The zero-order chi connectivity index (χ0) is 59.9. The van der Waals surface area contributed by atoms with E-state index in [4.69, 9.17) is 33.2 Å². The van der Waals surface area contributed by atoms with Gasteiger partial charge in [-0.05, 0) is 75.1 Å². The molecule has 8 rings (SSSR count). The fraction of sp³-hybridized carbons (Fsp3) is 0.542. The first kappa shape index (κ1) is 62.3. The molecule has 444 valence electrons. The predicted octanol–water partition coefficient (Wildman–Crippen LogP) is 3.88. The zero-order valence-corrected chi connectivity index (χ0v) is 48.3. The van der Waals surface area contributed by atoms with Crippen molar-refractivity contribution >= 4 is 63.1 Å². The van der Waals surface area contributed by atoms with Crippen LogP contribution >= 0.6 is 21.6 Å². The van der Waals surface area contributed by atoms with Gasteiger partial charge in [0.2, 0.25) is 6.10 Å². The van der Waals surface area contributed by atoms with E-state index in [0.717, 1.165) is 35.4 Å². The second-order valence-corrected chi connectivity index (χ2v) is 25.6. The predicted molar refractivity (Wildman–Crippen MR) is 294 cm³/mol. The van der Waals surface area contributed by atoms with Crippen molar-refractivity contribution in [1.82, 2.24) is 5.32 Å². The summed E-state index contributed by atoms with van der Waals surface area (Å²) in [5.41, 5.74) is -10.3. The van der Waals surface area contributed by atoms with Crippen molar-refractivity contribution < 1.29 is 97.4 Å². The van der Waals surface area contributed by atoms with E-state index in [2.05, 4.69) is 5.32 Å². The molecule has 16 atom stereocenters. The van der Waals surface area contributed by atoms with E-state index in [-0.39, 0.29) is 53.0 Å². The monoisotopic (exact) mass is 1180 g/mol. The molecule has 82 heavy (non-hydrogen) atoms. The van der Waals surface area contributed by atoms with Crippen LogP contribution in [0.25, 0.3) is 0 Å². The summed E-state index contributed by atoms with van der Waals surface area (Å²) in [7, 11) is 2.15. The number of esters is 5. The number of amides is 1. The molecule has 0 aromatic heterocycles.